The van der Waals surface area contributed by atoms with Gasteiger partial charge < -0.3 is 10.8 Å². The van der Waals surface area contributed by atoms with Gasteiger partial charge in [-0.1, -0.05) is 12.2 Å². The molecule has 0 fully saturated rings. The van der Waals surface area contributed by atoms with Gasteiger partial charge >= 0.3 is 0 Å². The Morgan fingerprint density at radius 3 is 3.00 bits per heavy atom. The van der Waals surface area contributed by atoms with Gasteiger partial charge in [0.2, 0.25) is 5.82 Å². The summed E-state index contributed by atoms with van der Waals surface area (Å²) < 4.78 is 1.50. The predicted octanol–water partition coefficient (Wildman–Crippen LogP) is -0.707. The monoisotopic (exact) mass is 186 g/mol. The molecule has 66 valence electrons. The summed E-state index contributed by atoms with van der Waals surface area (Å²) in [6, 6.07) is 0. The van der Waals surface area contributed by atoms with Gasteiger partial charge in [-0.15, -0.1) is 5.10 Å². The van der Waals surface area contributed by atoms with E-state index in [2.05, 4.69) is 22.3 Å². The Bertz CT molecular complexity index is 283. The normalized spacial score (nSPS) is 12.8. The molecule has 0 spiro atoms. The lowest BCUT2D eigenvalue weighted by atomic mass is 10.4. The molecule has 5 nitrogen and oxygen atoms in total. The third-order valence-electron chi connectivity index (χ3n) is 1.21. The number of hydrogen-bond donors (Lipinski definition) is 2. The summed E-state index contributed by atoms with van der Waals surface area (Å²) in [5, 5.41) is 12.9. The Balaban J connectivity index is 2.71. The second-order valence-corrected chi connectivity index (χ2v) is 2.94. The quantitative estimate of drug-likeness (QED) is 0.610. The minimum absolute atomic E-state index is 0.166. The van der Waals surface area contributed by atoms with Crippen molar-refractivity contribution in [3.05, 3.63) is 12.2 Å². The van der Waals surface area contributed by atoms with Crippen molar-refractivity contribution in [2.24, 2.45) is 5.73 Å². The fraction of sp³-hybridized carbons (Fsp3) is 0.500. The summed E-state index contributed by atoms with van der Waals surface area (Å²) in [6.07, 6.45) is 1.03. The van der Waals surface area contributed by atoms with Crippen LogP contribution < -0.4 is 5.73 Å². The van der Waals surface area contributed by atoms with E-state index in [0.29, 0.717) is 12.4 Å². The highest BCUT2D eigenvalue weighted by atomic mass is 32.1. The highest BCUT2D eigenvalue weighted by Gasteiger charge is 2.04. The van der Waals surface area contributed by atoms with Crippen molar-refractivity contribution < 1.29 is 5.11 Å². The first kappa shape index (κ1) is 9.08. The molecule has 0 amide bonds. The molecule has 0 saturated heterocycles. The lowest BCUT2D eigenvalue weighted by molar-refractivity contribution is 0.168. The summed E-state index contributed by atoms with van der Waals surface area (Å²) >= 11 is 4.67. The van der Waals surface area contributed by atoms with Crippen LogP contribution >= 0.6 is 12.2 Å². The molecule has 0 bridgehead atoms. The summed E-state index contributed by atoms with van der Waals surface area (Å²) in [7, 11) is 0. The first-order chi connectivity index (χ1) is 5.59. The smallest absolute Gasteiger partial charge is 0.208 e. The summed E-state index contributed by atoms with van der Waals surface area (Å²) in [5.74, 6) is 0.339. The van der Waals surface area contributed by atoms with Crippen molar-refractivity contribution in [2.45, 2.75) is 19.6 Å². The van der Waals surface area contributed by atoms with E-state index in [1.165, 1.54) is 11.0 Å². The van der Waals surface area contributed by atoms with Crippen LogP contribution in [0.5, 0.6) is 0 Å². The van der Waals surface area contributed by atoms with Crippen molar-refractivity contribution in [1.82, 2.24) is 14.8 Å². The number of aliphatic hydroxyl groups is 1. The van der Waals surface area contributed by atoms with Gasteiger partial charge in [0.15, 0.2) is 0 Å². The van der Waals surface area contributed by atoms with Gasteiger partial charge in [-0.2, -0.15) is 0 Å². The van der Waals surface area contributed by atoms with E-state index in [4.69, 9.17) is 10.8 Å². The summed E-state index contributed by atoms with van der Waals surface area (Å²) in [6.45, 7) is 2.07. The molecule has 0 saturated carbocycles. The van der Waals surface area contributed by atoms with Crippen LogP contribution in [0, 0.1) is 0 Å². The molecular weight excluding hydrogens is 176 g/mol. The number of rotatable bonds is 3. The van der Waals surface area contributed by atoms with E-state index in [-0.39, 0.29) is 4.99 Å². The largest absolute Gasteiger partial charge is 0.391 e. The second kappa shape index (κ2) is 3.59. The van der Waals surface area contributed by atoms with Crippen LogP contribution in [0.3, 0.4) is 0 Å². The summed E-state index contributed by atoms with van der Waals surface area (Å²) in [5.41, 5.74) is 5.29. The van der Waals surface area contributed by atoms with E-state index < -0.39 is 6.10 Å². The lowest BCUT2D eigenvalue weighted by Gasteiger charge is -2.01. The summed E-state index contributed by atoms with van der Waals surface area (Å²) in [4.78, 5) is 4.01. The van der Waals surface area contributed by atoms with Gasteiger partial charge in [0.05, 0.1) is 12.6 Å². The molecule has 12 heavy (non-hydrogen) atoms. The van der Waals surface area contributed by atoms with Gasteiger partial charge in [0.1, 0.15) is 11.3 Å². The molecule has 1 aromatic rings. The first-order valence-electron chi connectivity index (χ1n) is 3.47. The average Bonchev–Trinajstić information content (AvgIpc) is 2.34. The van der Waals surface area contributed by atoms with Gasteiger partial charge in [0.25, 0.3) is 0 Å². The Morgan fingerprint density at radius 2 is 2.58 bits per heavy atom. The Morgan fingerprint density at radius 1 is 1.92 bits per heavy atom. The Labute approximate surface area is 75.2 Å². The lowest BCUT2D eigenvalue weighted by Crippen LogP contribution is -2.15. The molecule has 3 N–H and O–H groups in total. The Kier molecular flexibility index (Phi) is 2.72. The van der Waals surface area contributed by atoms with Crippen molar-refractivity contribution in [3.63, 3.8) is 0 Å². The van der Waals surface area contributed by atoms with E-state index >= 15 is 0 Å². The van der Waals surface area contributed by atoms with Crippen LogP contribution in [-0.4, -0.2) is 31.0 Å². The highest BCUT2D eigenvalue weighted by Crippen LogP contribution is 1.92. The fourth-order valence-corrected chi connectivity index (χ4v) is 0.860. The van der Waals surface area contributed by atoms with E-state index in [1.807, 2.05) is 0 Å². The van der Waals surface area contributed by atoms with Crippen molar-refractivity contribution in [3.8, 4) is 0 Å². The van der Waals surface area contributed by atoms with Crippen LogP contribution in [0.1, 0.15) is 12.7 Å². The van der Waals surface area contributed by atoms with Gasteiger partial charge in [-0.3, -0.25) is 0 Å². The molecule has 0 aliphatic carbocycles. The van der Waals surface area contributed by atoms with E-state index in [9.17, 15) is 0 Å². The average molecular weight is 186 g/mol. The van der Waals surface area contributed by atoms with Crippen LogP contribution in [0.15, 0.2) is 6.33 Å². The zero-order valence-electron chi connectivity index (χ0n) is 6.64. The van der Waals surface area contributed by atoms with Crippen molar-refractivity contribution in [2.75, 3.05) is 0 Å². The first-order valence-corrected chi connectivity index (χ1v) is 3.87. The molecule has 1 aromatic heterocycles. The number of nitrogens with two attached hydrogens (primary N) is 1. The maximum atomic E-state index is 9.00. The number of aliphatic hydroxyl groups excluding tert-OH is 1. The SMILES string of the molecule is CC(O)Cn1cnc(C(N)=S)n1. The molecule has 1 unspecified atom stereocenters. The molecule has 6 heteroatoms. The molecule has 1 heterocycles. The van der Waals surface area contributed by atoms with Crippen molar-refractivity contribution >= 4 is 17.2 Å². The molecule has 0 radical (unpaired) electrons. The maximum Gasteiger partial charge on any atom is 0.208 e. The molecule has 1 rings (SSSR count). The third-order valence-corrected chi connectivity index (χ3v) is 1.39. The highest BCUT2D eigenvalue weighted by molar-refractivity contribution is 7.80. The molecule has 1 atom stereocenters. The van der Waals surface area contributed by atoms with E-state index in [1.54, 1.807) is 6.92 Å². The topological polar surface area (TPSA) is 77.0 Å². The minimum atomic E-state index is -0.453. The van der Waals surface area contributed by atoms with Crippen molar-refractivity contribution in [1.29, 1.82) is 0 Å². The molecular formula is C6H10N4OS. The standard InChI is InChI=1S/C6H10N4OS/c1-4(11)2-10-3-8-6(9-10)5(7)12/h3-4,11H,2H2,1H3,(H2,7,12). The zero-order chi connectivity index (χ0) is 9.14. The molecule has 0 aliphatic rings. The predicted molar refractivity (Wildman–Crippen MR) is 47.6 cm³/mol. The van der Waals surface area contributed by atoms with Gasteiger partial charge in [-0.25, -0.2) is 9.67 Å². The minimum Gasteiger partial charge on any atom is -0.391 e. The Hall–Kier alpha value is -1.01. The second-order valence-electron chi connectivity index (χ2n) is 2.50. The number of aromatic nitrogens is 3. The maximum absolute atomic E-state index is 9.00. The number of thiocarbonyl (C=S) groups is 1. The number of hydrogen-bond acceptors (Lipinski definition) is 4. The molecule has 0 aromatic carbocycles. The van der Waals surface area contributed by atoms with Gasteiger partial charge in [0, 0.05) is 0 Å². The molecule has 0 aliphatic heterocycles. The zero-order valence-corrected chi connectivity index (χ0v) is 7.45. The van der Waals surface area contributed by atoms with Gasteiger partial charge in [-0.05, 0) is 6.92 Å². The number of nitrogens with zero attached hydrogens (tertiary/aromatic N) is 3. The fourth-order valence-electron chi connectivity index (χ4n) is 0.766. The van der Waals surface area contributed by atoms with Crippen LogP contribution in [-0.2, 0) is 6.54 Å². The third kappa shape index (κ3) is 2.24. The van der Waals surface area contributed by atoms with E-state index in [0.717, 1.165) is 0 Å². The van der Waals surface area contributed by atoms with Crippen LogP contribution in [0.25, 0.3) is 0 Å². The van der Waals surface area contributed by atoms with Crippen LogP contribution in [0.4, 0.5) is 0 Å². The van der Waals surface area contributed by atoms with Crippen LogP contribution in [0.2, 0.25) is 0 Å².